The van der Waals surface area contributed by atoms with E-state index in [2.05, 4.69) is 5.32 Å². The summed E-state index contributed by atoms with van der Waals surface area (Å²) in [5.74, 6) is -0.0552. The monoisotopic (exact) mass is 239 g/mol. The van der Waals surface area contributed by atoms with Gasteiger partial charge in [0, 0.05) is 19.8 Å². The molecule has 0 atom stereocenters. The first-order valence-corrected chi connectivity index (χ1v) is 5.22. The number of phenolic OH excluding ortho intramolecular Hbond substituents is 1. The van der Waals surface area contributed by atoms with Crippen LogP contribution >= 0.6 is 0 Å². The molecule has 2 N–H and O–H groups in total. The average Bonchev–Trinajstić information content (AvgIpc) is 2.33. The molecule has 5 heteroatoms. The molecular weight excluding hydrogens is 222 g/mol. The van der Waals surface area contributed by atoms with E-state index in [1.54, 1.807) is 19.1 Å². The summed E-state index contributed by atoms with van der Waals surface area (Å²) < 4.78 is 9.90. The normalized spacial score (nSPS) is 10.6. The van der Waals surface area contributed by atoms with Gasteiger partial charge in [-0.3, -0.25) is 4.79 Å². The van der Waals surface area contributed by atoms with Crippen molar-refractivity contribution in [2.75, 3.05) is 20.8 Å². The predicted octanol–water partition coefficient (Wildman–Crippen LogP) is 1.05. The standard InChI is InChI=1S/C12H17NO4/c1-8-6-9(4-5-10(8)14)12(15)13-7-11(16-2)17-3/h4-6,11,14H,7H2,1-3H3,(H,13,15). The lowest BCUT2D eigenvalue weighted by Gasteiger charge is -2.14. The molecule has 0 fully saturated rings. The van der Waals surface area contributed by atoms with E-state index < -0.39 is 6.29 Å². The fraction of sp³-hybridized carbons (Fsp3) is 0.417. The van der Waals surface area contributed by atoms with E-state index in [0.29, 0.717) is 11.1 Å². The molecule has 0 spiro atoms. The third-order valence-electron chi connectivity index (χ3n) is 2.41. The largest absolute Gasteiger partial charge is 0.508 e. The van der Waals surface area contributed by atoms with Crippen LogP contribution in [-0.2, 0) is 9.47 Å². The topological polar surface area (TPSA) is 67.8 Å². The van der Waals surface area contributed by atoms with Gasteiger partial charge in [-0.05, 0) is 30.7 Å². The molecule has 0 aliphatic heterocycles. The minimum Gasteiger partial charge on any atom is -0.508 e. The van der Waals surface area contributed by atoms with Crippen LogP contribution < -0.4 is 5.32 Å². The number of nitrogens with one attached hydrogen (secondary N) is 1. The molecule has 0 aliphatic rings. The molecule has 0 saturated heterocycles. The van der Waals surface area contributed by atoms with E-state index >= 15 is 0 Å². The number of carbonyl (C=O) groups excluding carboxylic acids is 1. The van der Waals surface area contributed by atoms with E-state index in [1.165, 1.54) is 20.3 Å². The molecule has 0 radical (unpaired) electrons. The molecule has 1 amide bonds. The van der Waals surface area contributed by atoms with Crippen LogP contribution in [0.1, 0.15) is 15.9 Å². The van der Waals surface area contributed by atoms with E-state index in [1.807, 2.05) is 0 Å². The van der Waals surface area contributed by atoms with Crippen molar-refractivity contribution in [2.45, 2.75) is 13.2 Å². The number of hydrogen-bond donors (Lipinski definition) is 2. The number of benzene rings is 1. The highest BCUT2D eigenvalue weighted by Gasteiger charge is 2.10. The van der Waals surface area contributed by atoms with Crippen molar-refractivity contribution in [2.24, 2.45) is 0 Å². The molecule has 1 aromatic carbocycles. The Kier molecular flexibility index (Phi) is 4.93. The molecular formula is C12H17NO4. The van der Waals surface area contributed by atoms with E-state index in [-0.39, 0.29) is 18.2 Å². The van der Waals surface area contributed by atoms with Crippen molar-refractivity contribution in [3.63, 3.8) is 0 Å². The van der Waals surface area contributed by atoms with Crippen LogP contribution in [0.15, 0.2) is 18.2 Å². The highest BCUT2D eigenvalue weighted by atomic mass is 16.7. The SMILES string of the molecule is COC(CNC(=O)c1ccc(O)c(C)c1)OC. The molecule has 0 bridgehead atoms. The summed E-state index contributed by atoms with van der Waals surface area (Å²) >= 11 is 0. The minimum absolute atomic E-state index is 0.174. The van der Waals surface area contributed by atoms with E-state index in [4.69, 9.17) is 9.47 Å². The predicted molar refractivity (Wildman–Crippen MR) is 63.0 cm³/mol. The summed E-state index contributed by atoms with van der Waals surface area (Å²) in [7, 11) is 3.01. The zero-order valence-electron chi connectivity index (χ0n) is 10.2. The summed E-state index contributed by atoms with van der Waals surface area (Å²) in [5.41, 5.74) is 1.15. The van der Waals surface area contributed by atoms with Crippen molar-refractivity contribution >= 4 is 5.91 Å². The van der Waals surface area contributed by atoms with Crippen molar-refractivity contribution in [1.29, 1.82) is 0 Å². The second-order valence-corrected chi connectivity index (χ2v) is 3.61. The van der Waals surface area contributed by atoms with Gasteiger partial charge in [0.25, 0.3) is 5.91 Å². The quantitative estimate of drug-likeness (QED) is 0.754. The second kappa shape index (κ2) is 6.22. The van der Waals surface area contributed by atoms with Gasteiger partial charge < -0.3 is 19.9 Å². The number of rotatable bonds is 5. The first-order valence-electron chi connectivity index (χ1n) is 5.22. The smallest absolute Gasteiger partial charge is 0.251 e. The minimum atomic E-state index is -0.461. The molecule has 0 aliphatic carbocycles. The number of hydrogen-bond acceptors (Lipinski definition) is 4. The van der Waals surface area contributed by atoms with Gasteiger partial charge in [0.15, 0.2) is 6.29 Å². The Bertz CT molecular complexity index is 388. The fourth-order valence-electron chi connectivity index (χ4n) is 1.34. The molecule has 5 nitrogen and oxygen atoms in total. The Morgan fingerprint density at radius 3 is 2.59 bits per heavy atom. The highest BCUT2D eigenvalue weighted by Crippen LogP contribution is 2.16. The van der Waals surface area contributed by atoms with Crippen molar-refractivity contribution in [3.05, 3.63) is 29.3 Å². The molecule has 0 heterocycles. The fourth-order valence-corrected chi connectivity index (χ4v) is 1.34. The number of amides is 1. The maximum absolute atomic E-state index is 11.7. The van der Waals surface area contributed by atoms with Crippen molar-refractivity contribution in [1.82, 2.24) is 5.32 Å². The Balaban J connectivity index is 2.61. The zero-order chi connectivity index (χ0) is 12.8. The van der Waals surface area contributed by atoms with Gasteiger partial charge in [0.05, 0.1) is 6.54 Å². The molecule has 1 rings (SSSR count). The number of carbonyl (C=O) groups is 1. The Hall–Kier alpha value is -1.59. The number of phenols is 1. The molecule has 0 aromatic heterocycles. The van der Waals surface area contributed by atoms with Gasteiger partial charge in [-0.25, -0.2) is 0 Å². The maximum Gasteiger partial charge on any atom is 0.251 e. The van der Waals surface area contributed by atoms with Gasteiger partial charge in [-0.15, -0.1) is 0 Å². The third kappa shape index (κ3) is 3.72. The summed E-state index contributed by atoms with van der Waals surface area (Å²) in [5, 5.41) is 12.0. The molecule has 0 saturated carbocycles. The Morgan fingerprint density at radius 2 is 2.06 bits per heavy atom. The summed E-state index contributed by atoms with van der Waals surface area (Å²) in [6.45, 7) is 2.00. The van der Waals surface area contributed by atoms with Gasteiger partial charge in [0.2, 0.25) is 0 Å². The van der Waals surface area contributed by atoms with Crippen LogP contribution in [0.3, 0.4) is 0 Å². The number of ether oxygens (including phenoxy) is 2. The average molecular weight is 239 g/mol. The van der Waals surface area contributed by atoms with Gasteiger partial charge in [-0.2, -0.15) is 0 Å². The summed E-state index contributed by atoms with van der Waals surface area (Å²) in [6, 6.07) is 4.68. The first-order chi connectivity index (χ1) is 8.08. The van der Waals surface area contributed by atoms with Crippen LogP contribution in [0.25, 0.3) is 0 Å². The second-order valence-electron chi connectivity index (χ2n) is 3.61. The van der Waals surface area contributed by atoms with Crippen molar-refractivity contribution in [3.8, 4) is 5.75 Å². The van der Waals surface area contributed by atoms with Crippen LogP contribution in [0.2, 0.25) is 0 Å². The van der Waals surface area contributed by atoms with Crippen molar-refractivity contribution < 1.29 is 19.4 Å². The Morgan fingerprint density at radius 1 is 1.41 bits per heavy atom. The lowest BCUT2D eigenvalue weighted by Crippen LogP contribution is -2.34. The molecule has 94 valence electrons. The van der Waals surface area contributed by atoms with Crippen LogP contribution in [0.5, 0.6) is 5.75 Å². The Labute approximate surface area is 100 Å². The highest BCUT2D eigenvalue weighted by molar-refractivity contribution is 5.94. The van der Waals surface area contributed by atoms with E-state index in [0.717, 1.165) is 0 Å². The van der Waals surface area contributed by atoms with Gasteiger partial charge in [0.1, 0.15) is 5.75 Å². The van der Waals surface area contributed by atoms with Crippen LogP contribution in [0.4, 0.5) is 0 Å². The van der Waals surface area contributed by atoms with Gasteiger partial charge >= 0.3 is 0 Å². The van der Waals surface area contributed by atoms with Crippen LogP contribution in [0, 0.1) is 6.92 Å². The van der Waals surface area contributed by atoms with Crippen LogP contribution in [-0.4, -0.2) is 38.1 Å². The first kappa shape index (κ1) is 13.5. The molecule has 17 heavy (non-hydrogen) atoms. The number of aromatic hydroxyl groups is 1. The summed E-state index contributed by atoms with van der Waals surface area (Å²) in [4.78, 5) is 11.7. The lowest BCUT2D eigenvalue weighted by molar-refractivity contribution is -0.0974. The van der Waals surface area contributed by atoms with Gasteiger partial charge in [-0.1, -0.05) is 0 Å². The molecule has 0 unspecified atom stereocenters. The lowest BCUT2D eigenvalue weighted by atomic mass is 10.1. The van der Waals surface area contributed by atoms with E-state index in [9.17, 15) is 9.90 Å². The third-order valence-corrected chi connectivity index (χ3v) is 2.41. The summed E-state index contributed by atoms with van der Waals surface area (Å²) in [6.07, 6.45) is -0.461. The molecule has 1 aromatic rings. The zero-order valence-corrected chi connectivity index (χ0v) is 10.2. The maximum atomic E-state index is 11.7. The number of aryl methyl sites for hydroxylation is 1. The number of methoxy groups -OCH3 is 2.